The molecule has 13 heteroatoms. The molecule has 0 radical (unpaired) electrons. The predicted octanol–water partition coefficient (Wildman–Crippen LogP) is 4.88. The summed E-state index contributed by atoms with van der Waals surface area (Å²) in [6.45, 7) is -0.0241. The van der Waals surface area contributed by atoms with Gasteiger partial charge in [0.2, 0.25) is 11.8 Å². The van der Waals surface area contributed by atoms with Crippen LogP contribution in [0.2, 0.25) is 0 Å². The molecule has 0 aromatic heterocycles. The van der Waals surface area contributed by atoms with E-state index in [0.29, 0.717) is 19.3 Å². The second kappa shape index (κ2) is 12.0. The molecular formula is C22H31ClF6N2O4. The molecule has 3 N–H and O–H groups in total. The maximum absolute atomic E-state index is 13.5. The van der Waals surface area contributed by atoms with E-state index in [9.17, 15) is 40.7 Å². The number of carbonyl (C=O) groups is 3. The molecule has 2 rings (SSSR count). The highest BCUT2D eigenvalue weighted by atomic mass is 35.5. The normalized spacial score (nSPS) is 30.0. The van der Waals surface area contributed by atoms with Crippen molar-refractivity contribution in [3.63, 3.8) is 0 Å². The lowest BCUT2D eigenvalue weighted by Crippen LogP contribution is -2.54. The van der Waals surface area contributed by atoms with E-state index in [2.05, 4.69) is 0 Å². The van der Waals surface area contributed by atoms with Crippen molar-refractivity contribution in [2.45, 2.75) is 88.0 Å². The number of carboxylic acids is 1. The quantitative estimate of drug-likeness (QED) is 0.249. The maximum Gasteiger partial charge on any atom is 0.391 e. The lowest BCUT2D eigenvalue weighted by atomic mass is 9.73. The molecule has 0 aromatic carbocycles. The van der Waals surface area contributed by atoms with E-state index in [1.807, 2.05) is 0 Å². The summed E-state index contributed by atoms with van der Waals surface area (Å²) in [7, 11) is 0. The molecule has 2 saturated carbocycles. The summed E-state index contributed by atoms with van der Waals surface area (Å²) in [5.41, 5.74) is 5.51. The highest BCUT2D eigenvalue weighted by molar-refractivity contribution is 6.20. The van der Waals surface area contributed by atoms with E-state index < -0.39 is 84.5 Å². The van der Waals surface area contributed by atoms with Crippen molar-refractivity contribution in [2.75, 3.05) is 6.54 Å². The van der Waals surface area contributed by atoms with Gasteiger partial charge in [-0.25, -0.2) is 0 Å². The molecule has 5 atom stereocenters. The molecule has 0 aliphatic heterocycles. The number of primary amides is 1. The Kier molecular flexibility index (Phi) is 10.1. The van der Waals surface area contributed by atoms with Gasteiger partial charge in [-0.15, -0.1) is 11.6 Å². The number of rotatable bonds is 9. The van der Waals surface area contributed by atoms with Crippen molar-refractivity contribution in [3.05, 3.63) is 0 Å². The maximum atomic E-state index is 13.5. The largest absolute Gasteiger partial charge is 0.481 e. The van der Waals surface area contributed by atoms with Crippen LogP contribution in [-0.2, 0) is 14.4 Å². The highest BCUT2D eigenvalue weighted by Crippen LogP contribution is 2.48. The molecule has 5 unspecified atom stereocenters. The molecule has 0 saturated heterocycles. The van der Waals surface area contributed by atoms with Crippen molar-refractivity contribution < 1.29 is 45.8 Å². The molecule has 2 aliphatic rings. The van der Waals surface area contributed by atoms with Crippen LogP contribution in [0.5, 0.6) is 0 Å². The number of unbranched alkanes of at least 4 members (excludes halogenated alkanes) is 2. The van der Waals surface area contributed by atoms with Gasteiger partial charge >= 0.3 is 18.3 Å². The minimum atomic E-state index is -4.88. The van der Waals surface area contributed by atoms with Crippen LogP contribution in [0.15, 0.2) is 0 Å². The number of halogens is 7. The zero-order chi connectivity index (χ0) is 26.6. The van der Waals surface area contributed by atoms with E-state index in [-0.39, 0.29) is 32.2 Å². The lowest BCUT2D eigenvalue weighted by molar-refractivity contribution is -0.228. The second-order valence-corrected chi connectivity index (χ2v) is 10.2. The molecule has 2 aliphatic carbocycles. The number of hydrogen-bond acceptors (Lipinski definition) is 3. The minimum absolute atomic E-state index is 0.0241. The fraction of sp³-hybridized carbons (Fsp3) is 0.864. The molecule has 0 bridgehead atoms. The smallest absolute Gasteiger partial charge is 0.391 e. The Balaban J connectivity index is 2.29. The third kappa shape index (κ3) is 8.42. The molecule has 2 amide bonds. The standard InChI is InChI=1S/C22H31ClF6N2O4/c23-15-5-6-17(16(11-15)19(30)34)31(7-3-1-2-4-18(32)33)20(35)12-8-13(21(24,25)26)10-14(9-12)22(27,28)29/h12-17H,1-11H2,(H2,30,34)(H,32,33). The van der Waals surface area contributed by atoms with Crippen molar-refractivity contribution in [2.24, 2.45) is 29.4 Å². The van der Waals surface area contributed by atoms with E-state index in [4.69, 9.17) is 22.4 Å². The summed E-state index contributed by atoms with van der Waals surface area (Å²) >= 11 is 6.15. The molecule has 0 aromatic rings. The van der Waals surface area contributed by atoms with E-state index in [1.54, 1.807) is 0 Å². The van der Waals surface area contributed by atoms with Gasteiger partial charge in [-0.3, -0.25) is 14.4 Å². The van der Waals surface area contributed by atoms with Gasteiger partial charge in [-0.05, 0) is 51.4 Å². The van der Waals surface area contributed by atoms with Gasteiger partial charge in [0.15, 0.2) is 0 Å². The van der Waals surface area contributed by atoms with Crippen LogP contribution in [0.25, 0.3) is 0 Å². The second-order valence-electron chi connectivity index (χ2n) is 9.60. The Morgan fingerprint density at radius 1 is 0.886 bits per heavy atom. The average molecular weight is 537 g/mol. The van der Waals surface area contributed by atoms with Gasteiger partial charge in [0.05, 0.1) is 17.8 Å². The van der Waals surface area contributed by atoms with Crippen LogP contribution >= 0.6 is 11.6 Å². The number of alkyl halides is 7. The number of carbonyl (C=O) groups excluding carboxylic acids is 2. The van der Waals surface area contributed by atoms with Crippen LogP contribution in [0.1, 0.15) is 64.2 Å². The predicted molar refractivity (Wildman–Crippen MR) is 114 cm³/mol. The Labute approximate surface area is 204 Å². The highest BCUT2D eigenvalue weighted by Gasteiger charge is 2.54. The van der Waals surface area contributed by atoms with Gasteiger partial charge < -0.3 is 15.7 Å². The topological polar surface area (TPSA) is 101 Å². The SMILES string of the molecule is NC(=O)C1CC(Cl)CCC1N(CCCCCC(=O)O)C(=O)C1CC(C(F)(F)F)CC(C(F)(F)F)C1. The van der Waals surface area contributed by atoms with E-state index in [1.165, 1.54) is 4.90 Å². The molecule has 0 heterocycles. The molecule has 35 heavy (non-hydrogen) atoms. The summed E-state index contributed by atoms with van der Waals surface area (Å²) in [4.78, 5) is 37.5. The number of amides is 2. The number of nitrogens with two attached hydrogens (primary N) is 1. The zero-order valence-corrected chi connectivity index (χ0v) is 19.8. The molecule has 2 fully saturated rings. The average Bonchev–Trinajstić information content (AvgIpc) is 2.74. The van der Waals surface area contributed by atoms with Crippen molar-refractivity contribution in [3.8, 4) is 0 Å². The van der Waals surface area contributed by atoms with Crippen LogP contribution in [0, 0.1) is 23.7 Å². The summed E-state index contributed by atoms with van der Waals surface area (Å²) in [5.74, 6) is -9.52. The fourth-order valence-electron chi connectivity index (χ4n) is 5.25. The van der Waals surface area contributed by atoms with Crippen molar-refractivity contribution in [1.82, 2.24) is 4.90 Å². The summed E-state index contributed by atoms with van der Waals surface area (Å²) in [6, 6.07) is -0.787. The lowest BCUT2D eigenvalue weighted by Gasteiger charge is -2.43. The van der Waals surface area contributed by atoms with Gasteiger partial charge in [-0.1, -0.05) is 6.42 Å². The summed E-state index contributed by atoms with van der Waals surface area (Å²) < 4.78 is 80.7. The monoisotopic (exact) mass is 536 g/mol. The molecule has 6 nitrogen and oxygen atoms in total. The third-order valence-electron chi connectivity index (χ3n) is 7.07. The minimum Gasteiger partial charge on any atom is -0.481 e. The van der Waals surface area contributed by atoms with Gasteiger partial charge in [0.1, 0.15) is 0 Å². The van der Waals surface area contributed by atoms with Crippen molar-refractivity contribution in [1.29, 1.82) is 0 Å². The van der Waals surface area contributed by atoms with Gasteiger partial charge in [0.25, 0.3) is 0 Å². The summed E-state index contributed by atoms with van der Waals surface area (Å²) in [6.07, 6.45) is -10.8. The van der Waals surface area contributed by atoms with E-state index in [0.717, 1.165) is 0 Å². The van der Waals surface area contributed by atoms with Gasteiger partial charge in [0, 0.05) is 30.3 Å². The first-order valence-corrected chi connectivity index (χ1v) is 12.1. The van der Waals surface area contributed by atoms with Gasteiger partial charge in [-0.2, -0.15) is 26.3 Å². The Hall–Kier alpha value is -1.72. The number of hydrogen-bond donors (Lipinski definition) is 2. The molecule has 0 spiro atoms. The van der Waals surface area contributed by atoms with Crippen LogP contribution in [0.3, 0.4) is 0 Å². The fourth-order valence-corrected chi connectivity index (χ4v) is 5.56. The Morgan fingerprint density at radius 2 is 1.46 bits per heavy atom. The summed E-state index contributed by atoms with van der Waals surface area (Å²) in [5, 5.41) is 8.38. The Morgan fingerprint density at radius 3 is 1.94 bits per heavy atom. The number of carboxylic acid groups (broad SMARTS) is 1. The van der Waals surface area contributed by atoms with Crippen molar-refractivity contribution >= 4 is 29.4 Å². The third-order valence-corrected chi connectivity index (χ3v) is 7.47. The molecule has 202 valence electrons. The number of nitrogens with zero attached hydrogens (tertiary/aromatic N) is 1. The first-order chi connectivity index (χ1) is 16.1. The van der Waals surface area contributed by atoms with Crippen LogP contribution in [0.4, 0.5) is 26.3 Å². The Bertz CT molecular complexity index is 741. The first kappa shape index (κ1) is 29.5. The number of aliphatic carboxylic acids is 1. The van der Waals surface area contributed by atoms with Crippen LogP contribution < -0.4 is 5.73 Å². The zero-order valence-electron chi connectivity index (χ0n) is 19.1. The molecular weight excluding hydrogens is 506 g/mol. The van der Waals surface area contributed by atoms with E-state index >= 15 is 0 Å². The van der Waals surface area contributed by atoms with Crippen LogP contribution in [-0.4, -0.2) is 58.1 Å². The first-order valence-electron chi connectivity index (χ1n) is 11.7.